The Balaban J connectivity index is 1.53. The second-order valence-corrected chi connectivity index (χ2v) is 7.14. The Bertz CT molecular complexity index is 585. The van der Waals surface area contributed by atoms with Crippen LogP contribution in [-0.2, 0) is 15.1 Å². The van der Waals surface area contributed by atoms with Gasteiger partial charge in [-0.25, -0.2) is 4.39 Å². The molecule has 3 rings (SSSR count). The van der Waals surface area contributed by atoms with Crippen LogP contribution in [0.4, 0.5) is 4.39 Å². The average Bonchev–Trinajstić information content (AvgIpc) is 3.09. The largest absolute Gasteiger partial charge is 0.385 e. The summed E-state index contributed by atoms with van der Waals surface area (Å²) in [5, 5.41) is 10.9. The Labute approximate surface area is 148 Å². The van der Waals surface area contributed by atoms with Gasteiger partial charge in [-0.3, -0.25) is 4.79 Å². The summed E-state index contributed by atoms with van der Waals surface area (Å²) in [5.74, 6) is -0.0610. The summed E-state index contributed by atoms with van der Waals surface area (Å²) in [6.45, 7) is 4.37. The molecule has 25 heavy (non-hydrogen) atoms. The highest BCUT2D eigenvalue weighted by Crippen LogP contribution is 2.33. The number of ether oxygens (including phenoxy) is 1. The Morgan fingerprint density at radius 1 is 1.28 bits per heavy atom. The summed E-state index contributed by atoms with van der Waals surface area (Å²) in [6.07, 6.45) is 1.87. The van der Waals surface area contributed by atoms with Crippen molar-refractivity contribution in [3.05, 3.63) is 35.6 Å². The molecule has 0 bridgehead atoms. The van der Waals surface area contributed by atoms with Crippen LogP contribution in [-0.4, -0.2) is 67.3 Å². The second-order valence-electron chi connectivity index (χ2n) is 7.14. The monoisotopic (exact) mass is 350 g/mol. The number of halogens is 1. The van der Waals surface area contributed by atoms with Gasteiger partial charge in [0, 0.05) is 33.3 Å². The van der Waals surface area contributed by atoms with E-state index in [1.807, 2.05) is 4.90 Å². The molecule has 6 heteroatoms. The lowest BCUT2D eigenvalue weighted by Gasteiger charge is -2.39. The summed E-state index contributed by atoms with van der Waals surface area (Å²) in [7, 11) is 1.69. The number of carbonyl (C=O) groups excluding carboxylic acids is 1. The van der Waals surface area contributed by atoms with Crippen LogP contribution in [0.1, 0.15) is 24.8 Å². The zero-order valence-electron chi connectivity index (χ0n) is 14.8. The van der Waals surface area contributed by atoms with Gasteiger partial charge in [0.05, 0.1) is 18.1 Å². The number of amides is 1. The zero-order chi connectivity index (χ0) is 17.9. The first-order valence-corrected chi connectivity index (χ1v) is 9.00. The van der Waals surface area contributed by atoms with E-state index in [2.05, 4.69) is 4.90 Å². The molecule has 1 aromatic carbocycles. The van der Waals surface area contributed by atoms with Gasteiger partial charge in [-0.1, -0.05) is 12.1 Å². The van der Waals surface area contributed by atoms with Gasteiger partial charge >= 0.3 is 0 Å². The van der Waals surface area contributed by atoms with E-state index in [4.69, 9.17) is 4.74 Å². The molecule has 2 aliphatic rings. The number of benzene rings is 1. The maximum Gasteiger partial charge on any atom is 0.227 e. The van der Waals surface area contributed by atoms with Crippen molar-refractivity contribution in [3.63, 3.8) is 0 Å². The van der Waals surface area contributed by atoms with Crippen molar-refractivity contribution in [3.8, 4) is 0 Å². The predicted molar refractivity (Wildman–Crippen MR) is 92.5 cm³/mol. The van der Waals surface area contributed by atoms with Crippen molar-refractivity contribution >= 4 is 5.91 Å². The number of hydrogen-bond donors (Lipinski definition) is 1. The summed E-state index contributed by atoms with van der Waals surface area (Å²) in [6, 6.07) is 6.02. The van der Waals surface area contributed by atoms with Gasteiger partial charge in [-0.2, -0.15) is 0 Å². The molecule has 2 fully saturated rings. The minimum atomic E-state index is -0.968. The number of hydrogen-bond acceptors (Lipinski definition) is 4. The van der Waals surface area contributed by atoms with Gasteiger partial charge in [0.15, 0.2) is 0 Å². The standard InChI is InChI=1S/C19H27FN2O3/c1-25-13-12-21-9-6-15(14-21)18(23)22-10-7-19(24,8-11-22)16-2-4-17(20)5-3-16/h2-5,15,24H,6-14H2,1H3. The van der Waals surface area contributed by atoms with Crippen molar-refractivity contribution in [1.82, 2.24) is 9.80 Å². The zero-order valence-corrected chi connectivity index (χ0v) is 14.8. The third-order valence-electron chi connectivity index (χ3n) is 5.52. The number of rotatable bonds is 5. The Morgan fingerprint density at radius 2 is 1.96 bits per heavy atom. The maximum absolute atomic E-state index is 13.1. The molecule has 5 nitrogen and oxygen atoms in total. The smallest absolute Gasteiger partial charge is 0.227 e. The summed E-state index contributed by atoms with van der Waals surface area (Å²) >= 11 is 0. The normalized spacial score (nSPS) is 23.8. The third-order valence-corrected chi connectivity index (χ3v) is 5.52. The summed E-state index contributed by atoms with van der Waals surface area (Å²) in [4.78, 5) is 16.9. The quantitative estimate of drug-likeness (QED) is 0.877. The van der Waals surface area contributed by atoms with Gasteiger partial charge in [-0.05, 0) is 43.5 Å². The molecule has 1 amide bonds. The van der Waals surface area contributed by atoms with Crippen molar-refractivity contribution in [1.29, 1.82) is 0 Å². The second kappa shape index (κ2) is 7.81. The molecule has 0 radical (unpaired) electrons. The number of carbonyl (C=O) groups is 1. The lowest BCUT2D eigenvalue weighted by Crippen LogP contribution is -2.47. The molecular weight excluding hydrogens is 323 g/mol. The number of methoxy groups -OCH3 is 1. The molecule has 2 heterocycles. The fourth-order valence-electron chi connectivity index (χ4n) is 3.86. The minimum absolute atomic E-state index is 0.0499. The van der Waals surface area contributed by atoms with E-state index >= 15 is 0 Å². The SMILES string of the molecule is COCCN1CCC(C(=O)N2CCC(O)(c3ccc(F)cc3)CC2)C1. The highest BCUT2D eigenvalue weighted by Gasteiger charge is 2.38. The number of likely N-dealkylation sites (tertiary alicyclic amines) is 2. The van der Waals surface area contributed by atoms with Crippen LogP contribution in [0, 0.1) is 11.7 Å². The van der Waals surface area contributed by atoms with Crippen LogP contribution in [0.3, 0.4) is 0 Å². The first-order chi connectivity index (χ1) is 12.0. The molecule has 0 spiro atoms. The van der Waals surface area contributed by atoms with Gasteiger partial charge in [-0.15, -0.1) is 0 Å². The van der Waals surface area contributed by atoms with E-state index in [0.717, 1.165) is 31.6 Å². The van der Waals surface area contributed by atoms with Crippen LogP contribution < -0.4 is 0 Å². The fraction of sp³-hybridized carbons (Fsp3) is 0.632. The maximum atomic E-state index is 13.1. The Morgan fingerprint density at radius 3 is 2.60 bits per heavy atom. The predicted octanol–water partition coefficient (Wildman–Crippen LogP) is 1.60. The molecule has 138 valence electrons. The van der Waals surface area contributed by atoms with E-state index in [-0.39, 0.29) is 17.6 Å². The van der Waals surface area contributed by atoms with E-state index < -0.39 is 5.60 Å². The van der Waals surface area contributed by atoms with Crippen LogP contribution in [0.15, 0.2) is 24.3 Å². The Hall–Kier alpha value is -1.50. The first kappa shape index (κ1) is 18.3. The van der Waals surface area contributed by atoms with Gasteiger partial charge in [0.1, 0.15) is 5.82 Å². The van der Waals surface area contributed by atoms with Crippen LogP contribution in [0.25, 0.3) is 0 Å². The topological polar surface area (TPSA) is 53.0 Å². The molecule has 0 aromatic heterocycles. The van der Waals surface area contributed by atoms with E-state index in [1.165, 1.54) is 12.1 Å². The van der Waals surface area contributed by atoms with Gasteiger partial charge < -0.3 is 19.6 Å². The molecule has 2 aliphatic heterocycles. The molecule has 1 unspecified atom stereocenters. The number of piperidine rings is 1. The highest BCUT2D eigenvalue weighted by molar-refractivity contribution is 5.79. The molecule has 0 aliphatic carbocycles. The minimum Gasteiger partial charge on any atom is -0.385 e. The summed E-state index contributed by atoms with van der Waals surface area (Å²) in [5.41, 5.74) is -0.238. The van der Waals surface area contributed by atoms with Crippen molar-refractivity contribution in [2.24, 2.45) is 5.92 Å². The fourth-order valence-corrected chi connectivity index (χ4v) is 3.86. The average molecular weight is 350 g/mol. The third kappa shape index (κ3) is 4.19. The van der Waals surface area contributed by atoms with Gasteiger partial charge in [0.2, 0.25) is 5.91 Å². The Kier molecular flexibility index (Phi) is 5.71. The first-order valence-electron chi connectivity index (χ1n) is 9.00. The lowest BCUT2D eigenvalue weighted by atomic mass is 9.84. The van der Waals surface area contributed by atoms with Crippen LogP contribution >= 0.6 is 0 Å². The summed E-state index contributed by atoms with van der Waals surface area (Å²) < 4.78 is 18.2. The molecule has 0 saturated carbocycles. The van der Waals surface area contributed by atoms with Gasteiger partial charge in [0.25, 0.3) is 0 Å². The van der Waals surface area contributed by atoms with E-state index in [9.17, 15) is 14.3 Å². The van der Waals surface area contributed by atoms with Crippen LogP contribution in [0.2, 0.25) is 0 Å². The van der Waals surface area contributed by atoms with Crippen molar-refractivity contribution in [2.75, 3.05) is 46.4 Å². The van der Waals surface area contributed by atoms with E-state index in [1.54, 1.807) is 19.2 Å². The number of aliphatic hydroxyl groups is 1. The molecule has 1 aromatic rings. The van der Waals surface area contributed by atoms with Crippen molar-refractivity contribution in [2.45, 2.75) is 24.9 Å². The van der Waals surface area contributed by atoms with Crippen molar-refractivity contribution < 1.29 is 19.0 Å². The number of nitrogens with zero attached hydrogens (tertiary/aromatic N) is 2. The lowest BCUT2D eigenvalue weighted by molar-refractivity contribution is -0.139. The van der Waals surface area contributed by atoms with E-state index in [0.29, 0.717) is 32.5 Å². The van der Waals surface area contributed by atoms with Crippen LogP contribution in [0.5, 0.6) is 0 Å². The molecule has 1 atom stereocenters. The molecule has 1 N–H and O–H groups in total. The highest BCUT2D eigenvalue weighted by atomic mass is 19.1. The molecule has 2 saturated heterocycles. The molecular formula is C19H27FN2O3.